The Bertz CT molecular complexity index is 680. The van der Waals surface area contributed by atoms with Crippen LogP contribution in [0.1, 0.15) is 105 Å². The van der Waals surface area contributed by atoms with Crippen molar-refractivity contribution >= 4 is 0 Å². The number of fused-ring (bicyclic) bond motifs is 5. The fraction of sp³-hybridized carbons (Fsp3) is 1.00. The second kappa shape index (κ2) is 8.43. The molecule has 0 bridgehead atoms. The lowest BCUT2D eigenvalue weighted by Crippen LogP contribution is -2.56. The fourth-order valence-corrected chi connectivity index (χ4v) is 9.40. The average molecular weight is 459 g/mol. The summed E-state index contributed by atoms with van der Waals surface area (Å²) in [4.78, 5) is 0. The van der Waals surface area contributed by atoms with Gasteiger partial charge in [0.2, 0.25) is 0 Å². The van der Waals surface area contributed by atoms with Crippen molar-refractivity contribution in [3.8, 4) is 0 Å². The molecule has 10 atom stereocenters. The molecule has 5 heteroatoms. The van der Waals surface area contributed by atoms with Gasteiger partial charge < -0.3 is 10.2 Å². The van der Waals surface area contributed by atoms with Gasteiger partial charge in [-0.25, -0.2) is 0 Å². The molecule has 0 amide bonds. The van der Waals surface area contributed by atoms with Gasteiger partial charge >= 0.3 is 6.18 Å². The van der Waals surface area contributed by atoms with E-state index in [1.807, 2.05) is 0 Å². The van der Waals surface area contributed by atoms with Crippen LogP contribution < -0.4 is 0 Å². The summed E-state index contributed by atoms with van der Waals surface area (Å²) < 4.78 is 38.3. The van der Waals surface area contributed by atoms with Gasteiger partial charge in [0.25, 0.3) is 0 Å². The van der Waals surface area contributed by atoms with Crippen LogP contribution in [0, 0.1) is 46.3 Å². The van der Waals surface area contributed by atoms with Gasteiger partial charge in [-0.05, 0) is 123 Å². The number of rotatable bonds is 5. The minimum absolute atomic E-state index is 0.173. The predicted octanol–water partition coefficient (Wildman–Crippen LogP) is 7.13. The summed E-state index contributed by atoms with van der Waals surface area (Å²) in [5.41, 5.74) is 0.104. The maximum Gasteiger partial charge on any atom is 0.414 e. The van der Waals surface area contributed by atoms with Gasteiger partial charge in [0.1, 0.15) is 6.10 Å². The highest BCUT2D eigenvalue weighted by atomic mass is 19.4. The quantitative estimate of drug-likeness (QED) is 0.460. The zero-order valence-corrected chi connectivity index (χ0v) is 20.6. The van der Waals surface area contributed by atoms with Crippen LogP contribution in [-0.2, 0) is 0 Å². The molecule has 0 aromatic rings. The first kappa shape index (κ1) is 24.8. The predicted molar refractivity (Wildman–Crippen MR) is 121 cm³/mol. The highest BCUT2D eigenvalue weighted by Crippen LogP contribution is 2.69. The van der Waals surface area contributed by atoms with Gasteiger partial charge in [0, 0.05) is 0 Å². The Morgan fingerprint density at radius 2 is 1.59 bits per heavy atom. The lowest BCUT2D eigenvalue weighted by Gasteiger charge is -2.62. The van der Waals surface area contributed by atoms with Crippen molar-refractivity contribution in [3.05, 3.63) is 0 Å². The molecule has 2 nitrogen and oxygen atoms in total. The first-order chi connectivity index (χ1) is 14.8. The zero-order valence-electron chi connectivity index (χ0n) is 20.6. The summed E-state index contributed by atoms with van der Waals surface area (Å²) in [5.74, 6) is 3.48. The first-order valence-electron chi connectivity index (χ1n) is 13.3. The van der Waals surface area contributed by atoms with Crippen LogP contribution in [0.3, 0.4) is 0 Å². The second-order valence-electron chi connectivity index (χ2n) is 12.8. The summed E-state index contributed by atoms with van der Waals surface area (Å²) >= 11 is 0. The SMILES string of the molecule is CC[C@]1(O)CC[C@@]2(C)[C@@H](CC[C@H]3C4CC[C@H]([C@H](C)CC[C@@H](O)C(F)(F)F)[C@@]4(C)CC[C@@H]32)C1. The van der Waals surface area contributed by atoms with E-state index in [1.54, 1.807) is 0 Å². The molecule has 4 aliphatic rings. The smallest absolute Gasteiger partial charge is 0.390 e. The number of halogens is 3. The van der Waals surface area contributed by atoms with Crippen molar-refractivity contribution < 1.29 is 23.4 Å². The van der Waals surface area contributed by atoms with E-state index in [0.717, 1.165) is 43.9 Å². The second-order valence-corrected chi connectivity index (χ2v) is 12.8. The van der Waals surface area contributed by atoms with E-state index in [4.69, 9.17) is 0 Å². The van der Waals surface area contributed by atoms with Crippen LogP contribution in [0.25, 0.3) is 0 Å². The number of aliphatic hydroxyl groups is 2. The molecule has 0 saturated heterocycles. The van der Waals surface area contributed by atoms with Gasteiger partial charge in [-0.2, -0.15) is 13.2 Å². The van der Waals surface area contributed by atoms with E-state index in [2.05, 4.69) is 27.7 Å². The molecule has 4 aliphatic carbocycles. The highest BCUT2D eigenvalue weighted by Gasteiger charge is 2.61. The van der Waals surface area contributed by atoms with Gasteiger partial charge in [-0.15, -0.1) is 0 Å². The molecule has 0 aromatic heterocycles. The molecular formula is C27H45F3O2. The third-order valence-electron chi connectivity index (χ3n) is 11.5. The highest BCUT2D eigenvalue weighted by molar-refractivity contribution is 5.10. The van der Waals surface area contributed by atoms with Crippen LogP contribution in [-0.4, -0.2) is 28.1 Å². The number of hydrogen-bond donors (Lipinski definition) is 2. The summed E-state index contributed by atoms with van der Waals surface area (Å²) in [7, 11) is 0. The third-order valence-corrected chi connectivity index (χ3v) is 11.5. The largest absolute Gasteiger partial charge is 0.414 e. The molecule has 32 heavy (non-hydrogen) atoms. The van der Waals surface area contributed by atoms with Crippen LogP contribution >= 0.6 is 0 Å². The Labute approximate surface area is 192 Å². The summed E-state index contributed by atoms with van der Waals surface area (Å²) in [6.07, 6.45) is 4.76. The minimum atomic E-state index is -4.50. The van der Waals surface area contributed by atoms with Gasteiger partial charge in [0.05, 0.1) is 5.60 Å². The zero-order chi connectivity index (χ0) is 23.5. The van der Waals surface area contributed by atoms with Gasteiger partial charge in [-0.3, -0.25) is 0 Å². The Hall–Kier alpha value is -0.290. The van der Waals surface area contributed by atoms with E-state index >= 15 is 0 Å². The van der Waals surface area contributed by atoms with Crippen LogP contribution in [0.15, 0.2) is 0 Å². The van der Waals surface area contributed by atoms with Gasteiger partial charge in [0.15, 0.2) is 0 Å². The Morgan fingerprint density at radius 3 is 2.25 bits per heavy atom. The molecule has 1 unspecified atom stereocenters. The Balaban J connectivity index is 1.45. The van der Waals surface area contributed by atoms with E-state index in [-0.39, 0.29) is 17.8 Å². The topological polar surface area (TPSA) is 40.5 Å². The fourth-order valence-electron chi connectivity index (χ4n) is 9.40. The molecule has 0 aliphatic heterocycles. The van der Waals surface area contributed by atoms with Crippen molar-refractivity contribution in [3.63, 3.8) is 0 Å². The lowest BCUT2D eigenvalue weighted by molar-refractivity contribution is -0.206. The molecule has 4 fully saturated rings. The minimum Gasteiger partial charge on any atom is -0.390 e. The molecule has 0 spiro atoms. The van der Waals surface area contributed by atoms with Crippen molar-refractivity contribution in [2.45, 2.75) is 123 Å². The van der Waals surface area contributed by atoms with Gasteiger partial charge in [-0.1, -0.05) is 27.7 Å². The summed E-state index contributed by atoms with van der Waals surface area (Å²) in [5, 5.41) is 20.4. The van der Waals surface area contributed by atoms with E-state index < -0.39 is 17.9 Å². The molecule has 0 heterocycles. The van der Waals surface area contributed by atoms with E-state index in [1.165, 1.54) is 32.1 Å². The Morgan fingerprint density at radius 1 is 0.906 bits per heavy atom. The van der Waals surface area contributed by atoms with E-state index in [9.17, 15) is 23.4 Å². The van der Waals surface area contributed by atoms with E-state index in [0.29, 0.717) is 29.6 Å². The molecule has 186 valence electrons. The molecule has 4 saturated carbocycles. The standard InChI is InChI=1S/C27H45F3O2/c1-5-26(32)15-14-24(3)18(16-26)7-8-19-21-10-9-20(25(21,4)13-12-22(19)24)17(2)6-11-23(31)27(28,29)30/h17-23,31-32H,5-16H2,1-4H3/t17-,18+,19+,20-,21?,22+,23-,24+,25-,26+/m1/s1. The maximum absolute atomic E-state index is 12.8. The molecule has 0 aromatic carbocycles. The number of hydrogen-bond acceptors (Lipinski definition) is 2. The van der Waals surface area contributed by atoms with Crippen molar-refractivity contribution in [2.24, 2.45) is 46.3 Å². The average Bonchev–Trinajstić information content (AvgIpc) is 3.09. The van der Waals surface area contributed by atoms with Crippen LogP contribution in [0.2, 0.25) is 0 Å². The van der Waals surface area contributed by atoms with Crippen LogP contribution in [0.5, 0.6) is 0 Å². The number of aliphatic hydroxyl groups excluding tert-OH is 1. The lowest BCUT2D eigenvalue weighted by atomic mass is 9.43. The molecule has 0 radical (unpaired) electrons. The van der Waals surface area contributed by atoms with Crippen LogP contribution in [0.4, 0.5) is 13.2 Å². The molecular weight excluding hydrogens is 413 g/mol. The monoisotopic (exact) mass is 458 g/mol. The molecule has 4 rings (SSSR count). The summed E-state index contributed by atoms with van der Waals surface area (Å²) in [6.45, 7) is 9.19. The first-order valence-corrected chi connectivity index (χ1v) is 13.3. The normalized spacial score (nSPS) is 48.5. The van der Waals surface area contributed by atoms with Crippen molar-refractivity contribution in [1.82, 2.24) is 0 Å². The maximum atomic E-state index is 12.8. The van der Waals surface area contributed by atoms with Crippen molar-refractivity contribution in [2.75, 3.05) is 0 Å². The van der Waals surface area contributed by atoms with Crippen molar-refractivity contribution in [1.29, 1.82) is 0 Å². The number of alkyl halides is 3. The molecule has 2 N–H and O–H groups in total. The third kappa shape index (κ3) is 4.06. The summed E-state index contributed by atoms with van der Waals surface area (Å²) in [6, 6.07) is 0. The Kier molecular flexibility index (Phi) is 6.54.